The topological polar surface area (TPSA) is 45.4 Å². The highest BCUT2D eigenvalue weighted by Crippen LogP contribution is 2.22. The first-order chi connectivity index (χ1) is 12.7. The van der Waals surface area contributed by atoms with Gasteiger partial charge >= 0.3 is 6.01 Å². The smallest absolute Gasteiger partial charge is 0.322 e. The van der Waals surface area contributed by atoms with Crippen molar-refractivity contribution in [2.45, 2.75) is 13.5 Å². The average molecular weight is 369 g/mol. The molecule has 1 saturated heterocycles. The van der Waals surface area contributed by atoms with Crippen molar-refractivity contribution in [3.63, 3.8) is 0 Å². The first kappa shape index (κ1) is 17.1. The second-order valence-corrected chi connectivity index (χ2v) is 7.03. The van der Waals surface area contributed by atoms with Crippen LogP contribution >= 0.6 is 11.6 Å². The Hall–Kier alpha value is -2.37. The van der Waals surface area contributed by atoms with Gasteiger partial charge in [-0.25, -0.2) is 0 Å². The molecule has 0 amide bonds. The molecule has 0 atom stereocenters. The first-order valence-corrected chi connectivity index (χ1v) is 9.18. The molecule has 134 valence electrons. The van der Waals surface area contributed by atoms with Crippen LogP contribution in [0.4, 0.5) is 6.01 Å². The highest BCUT2D eigenvalue weighted by atomic mass is 35.5. The van der Waals surface area contributed by atoms with Gasteiger partial charge in [0.2, 0.25) is 5.82 Å². The van der Waals surface area contributed by atoms with E-state index in [1.807, 2.05) is 24.3 Å². The SMILES string of the molecule is Cc1ccccc1CN1CCN(c2nc(-c3ccc(Cl)cc3)no2)CC1. The summed E-state index contributed by atoms with van der Waals surface area (Å²) in [6, 6.07) is 16.6. The maximum atomic E-state index is 5.93. The normalized spacial score (nSPS) is 15.4. The van der Waals surface area contributed by atoms with Crippen LogP contribution < -0.4 is 4.90 Å². The van der Waals surface area contributed by atoms with E-state index in [1.165, 1.54) is 11.1 Å². The van der Waals surface area contributed by atoms with Gasteiger partial charge in [0.05, 0.1) is 0 Å². The second-order valence-electron chi connectivity index (χ2n) is 6.60. The highest BCUT2D eigenvalue weighted by Gasteiger charge is 2.22. The number of hydrogen-bond acceptors (Lipinski definition) is 5. The van der Waals surface area contributed by atoms with Crippen molar-refractivity contribution in [2.75, 3.05) is 31.1 Å². The van der Waals surface area contributed by atoms with Crippen LogP contribution in [-0.2, 0) is 6.54 Å². The molecule has 0 saturated carbocycles. The van der Waals surface area contributed by atoms with E-state index in [2.05, 4.69) is 51.1 Å². The van der Waals surface area contributed by atoms with E-state index in [1.54, 1.807) is 0 Å². The summed E-state index contributed by atoms with van der Waals surface area (Å²) in [5, 5.41) is 4.80. The van der Waals surface area contributed by atoms with Gasteiger partial charge in [0.1, 0.15) is 0 Å². The lowest BCUT2D eigenvalue weighted by Crippen LogP contribution is -2.46. The maximum absolute atomic E-state index is 5.93. The van der Waals surface area contributed by atoms with Gasteiger partial charge in [0, 0.05) is 43.3 Å². The number of anilines is 1. The summed E-state index contributed by atoms with van der Waals surface area (Å²) in [4.78, 5) is 9.16. The van der Waals surface area contributed by atoms with Crippen molar-refractivity contribution in [1.82, 2.24) is 15.0 Å². The van der Waals surface area contributed by atoms with Crippen molar-refractivity contribution >= 4 is 17.6 Å². The average Bonchev–Trinajstić information content (AvgIpc) is 3.15. The van der Waals surface area contributed by atoms with Crippen LogP contribution in [0, 0.1) is 6.92 Å². The largest absolute Gasteiger partial charge is 0.324 e. The van der Waals surface area contributed by atoms with Crippen LogP contribution in [0.5, 0.6) is 0 Å². The fourth-order valence-corrected chi connectivity index (χ4v) is 3.31. The molecule has 26 heavy (non-hydrogen) atoms. The molecule has 1 aromatic heterocycles. The number of nitrogens with zero attached hydrogens (tertiary/aromatic N) is 4. The molecule has 1 aliphatic heterocycles. The summed E-state index contributed by atoms with van der Waals surface area (Å²) in [5.41, 5.74) is 3.64. The van der Waals surface area contributed by atoms with Gasteiger partial charge in [-0.1, -0.05) is 41.0 Å². The summed E-state index contributed by atoms with van der Waals surface area (Å²) < 4.78 is 5.47. The molecular formula is C20H21ClN4O. The van der Waals surface area contributed by atoms with Crippen molar-refractivity contribution < 1.29 is 4.52 Å². The van der Waals surface area contributed by atoms with Gasteiger partial charge in [0.25, 0.3) is 0 Å². The Morgan fingerprint density at radius 1 is 1.00 bits per heavy atom. The van der Waals surface area contributed by atoms with E-state index in [9.17, 15) is 0 Å². The number of benzene rings is 2. The lowest BCUT2D eigenvalue weighted by Gasteiger charge is -2.33. The Labute approximate surface area is 158 Å². The Morgan fingerprint density at radius 2 is 1.73 bits per heavy atom. The molecule has 1 fully saturated rings. The maximum Gasteiger partial charge on any atom is 0.324 e. The number of piperazine rings is 1. The van der Waals surface area contributed by atoms with Crippen LogP contribution in [0.15, 0.2) is 53.1 Å². The van der Waals surface area contributed by atoms with Crippen molar-refractivity contribution in [3.05, 3.63) is 64.7 Å². The van der Waals surface area contributed by atoms with Gasteiger partial charge in [-0.3, -0.25) is 4.90 Å². The van der Waals surface area contributed by atoms with Gasteiger partial charge in [-0.05, 0) is 42.3 Å². The van der Waals surface area contributed by atoms with E-state index >= 15 is 0 Å². The number of hydrogen-bond donors (Lipinski definition) is 0. The molecule has 0 radical (unpaired) electrons. The molecule has 3 aromatic rings. The summed E-state index contributed by atoms with van der Waals surface area (Å²) >= 11 is 5.93. The third-order valence-corrected chi connectivity index (χ3v) is 5.07. The summed E-state index contributed by atoms with van der Waals surface area (Å²) in [6.07, 6.45) is 0. The summed E-state index contributed by atoms with van der Waals surface area (Å²) in [6.45, 7) is 6.88. The van der Waals surface area contributed by atoms with Gasteiger partial charge in [-0.2, -0.15) is 4.98 Å². The molecule has 1 aliphatic rings. The lowest BCUT2D eigenvalue weighted by atomic mass is 10.1. The highest BCUT2D eigenvalue weighted by molar-refractivity contribution is 6.30. The molecule has 0 N–H and O–H groups in total. The Morgan fingerprint density at radius 3 is 2.46 bits per heavy atom. The lowest BCUT2D eigenvalue weighted by molar-refractivity contribution is 0.242. The van der Waals surface area contributed by atoms with E-state index < -0.39 is 0 Å². The monoisotopic (exact) mass is 368 g/mol. The Balaban J connectivity index is 1.38. The fraction of sp³-hybridized carbons (Fsp3) is 0.300. The molecule has 0 unspecified atom stereocenters. The zero-order valence-corrected chi connectivity index (χ0v) is 15.5. The molecule has 2 aromatic carbocycles. The number of rotatable bonds is 4. The van der Waals surface area contributed by atoms with Crippen LogP contribution in [-0.4, -0.2) is 41.2 Å². The van der Waals surface area contributed by atoms with E-state index in [-0.39, 0.29) is 0 Å². The third kappa shape index (κ3) is 3.74. The minimum absolute atomic E-state index is 0.588. The van der Waals surface area contributed by atoms with Crippen LogP contribution in [0.2, 0.25) is 5.02 Å². The van der Waals surface area contributed by atoms with Crippen molar-refractivity contribution in [3.8, 4) is 11.4 Å². The summed E-state index contributed by atoms with van der Waals surface area (Å²) in [7, 11) is 0. The van der Waals surface area contributed by atoms with Gasteiger partial charge in [0.15, 0.2) is 0 Å². The molecule has 2 heterocycles. The Bertz CT molecular complexity index is 870. The summed E-state index contributed by atoms with van der Waals surface area (Å²) in [5.74, 6) is 0.596. The van der Waals surface area contributed by atoms with E-state index in [0.29, 0.717) is 16.9 Å². The van der Waals surface area contributed by atoms with E-state index in [4.69, 9.17) is 16.1 Å². The Kier molecular flexibility index (Phi) is 4.91. The predicted octanol–water partition coefficient (Wildman–Crippen LogP) is 4.02. The minimum atomic E-state index is 0.588. The molecule has 0 spiro atoms. The quantitative estimate of drug-likeness (QED) is 0.696. The zero-order chi connectivity index (χ0) is 17.9. The third-order valence-electron chi connectivity index (χ3n) is 4.82. The van der Waals surface area contributed by atoms with Gasteiger partial charge in [-0.15, -0.1) is 0 Å². The molecule has 6 heteroatoms. The number of halogens is 1. The minimum Gasteiger partial charge on any atom is -0.322 e. The predicted molar refractivity (Wildman–Crippen MR) is 103 cm³/mol. The van der Waals surface area contributed by atoms with Crippen LogP contribution in [0.3, 0.4) is 0 Å². The van der Waals surface area contributed by atoms with Crippen LogP contribution in [0.1, 0.15) is 11.1 Å². The number of aromatic nitrogens is 2. The van der Waals surface area contributed by atoms with Crippen molar-refractivity contribution in [2.24, 2.45) is 0 Å². The zero-order valence-electron chi connectivity index (χ0n) is 14.7. The van der Waals surface area contributed by atoms with E-state index in [0.717, 1.165) is 38.3 Å². The molecule has 4 rings (SSSR count). The fourth-order valence-electron chi connectivity index (χ4n) is 3.19. The van der Waals surface area contributed by atoms with Gasteiger partial charge < -0.3 is 9.42 Å². The van der Waals surface area contributed by atoms with Crippen LogP contribution in [0.25, 0.3) is 11.4 Å². The standard InChI is InChI=1S/C20H21ClN4O/c1-15-4-2-3-5-17(15)14-24-10-12-25(13-11-24)20-22-19(23-26-20)16-6-8-18(21)9-7-16/h2-9H,10-14H2,1H3. The molecule has 5 nitrogen and oxygen atoms in total. The second kappa shape index (κ2) is 7.48. The number of aryl methyl sites for hydroxylation is 1. The molecular weight excluding hydrogens is 348 g/mol. The molecule has 0 bridgehead atoms. The molecule has 0 aliphatic carbocycles. The van der Waals surface area contributed by atoms with Crippen molar-refractivity contribution in [1.29, 1.82) is 0 Å². The first-order valence-electron chi connectivity index (χ1n) is 8.80.